The maximum atomic E-state index is 4.23. The van der Waals surface area contributed by atoms with E-state index in [0.717, 1.165) is 28.9 Å². The van der Waals surface area contributed by atoms with Crippen molar-refractivity contribution in [3.05, 3.63) is 39.6 Å². The van der Waals surface area contributed by atoms with Crippen molar-refractivity contribution in [2.24, 2.45) is 5.92 Å². The molecule has 0 radical (unpaired) electrons. The lowest BCUT2D eigenvalue weighted by atomic mass is 10.1. The topological polar surface area (TPSA) is 42.7 Å². The van der Waals surface area contributed by atoms with Gasteiger partial charge in [0.05, 0.1) is 17.6 Å². The lowest BCUT2D eigenvalue weighted by Crippen LogP contribution is -2.19. The van der Waals surface area contributed by atoms with Crippen LogP contribution >= 0.6 is 15.9 Å². The van der Waals surface area contributed by atoms with Gasteiger partial charge in [-0.3, -0.25) is 0 Å². The second kappa shape index (κ2) is 6.50. The Bertz CT molecular complexity index is 566. The third-order valence-corrected chi connectivity index (χ3v) is 3.63. The van der Waals surface area contributed by atoms with Crippen LogP contribution in [-0.4, -0.2) is 21.5 Å². The summed E-state index contributed by atoms with van der Waals surface area (Å²) in [4.78, 5) is 0. The van der Waals surface area contributed by atoms with E-state index in [9.17, 15) is 0 Å². The van der Waals surface area contributed by atoms with Crippen molar-refractivity contribution in [3.63, 3.8) is 0 Å². The van der Waals surface area contributed by atoms with Crippen molar-refractivity contribution in [3.8, 4) is 5.69 Å². The molecule has 0 aliphatic rings. The van der Waals surface area contributed by atoms with Gasteiger partial charge < -0.3 is 5.32 Å². The fourth-order valence-corrected chi connectivity index (χ4v) is 3.03. The summed E-state index contributed by atoms with van der Waals surface area (Å²) >= 11 is 3.61. The van der Waals surface area contributed by atoms with Crippen LogP contribution < -0.4 is 5.32 Å². The predicted molar refractivity (Wildman–Crippen MR) is 85.1 cm³/mol. The highest BCUT2D eigenvalue weighted by Gasteiger charge is 2.10. The van der Waals surface area contributed by atoms with Gasteiger partial charge in [-0.05, 0) is 59.4 Å². The molecule has 0 saturated carbocycles. The Balaban J connectivity index is 2.17. The molecule has 0 spiro atoms. The monoisotopic (exact) mass is 336 g/mol. The van der Waals surface area contributed by atoms with E-state index in [1.807, 2.05) is 10.9 Å². The summed E-state index contributed by atoms with van der Waals surface area (Å²) in [6.07, 6.45) is 1.98. The fraction of sp³-hybridized carbons (Fsp3) is 0.467. The zero-order valence-electron chi connectivity index (χ0n) is 12.4. The number of hydrogen-bond acceptors (Lipinski definition) is 3. The smallest absolute Gasteiger partial charge is 0.0969 e. The van der Waals surface area contributed by atoms with Crippen LogP contribution in [0.25, 0.3) is 5.69 Å². The summed E-state index contributed by atoms with van der Waals surface area (Å²) < 4.78 is 2.88. The van der Waals surface area contributed by atoms with Gasteiger partial charge in [0.15, 0.2) is 0 Å². The lowest BCUT2D eigenvalue weighted by molar-refractivity contribution is 0.548. The molecule has 1 aromatic carbocycles. The van der Waals surface area contributed by atoms with E-state index in [1.165, 1.54) is 11.1 Å². The van der Waals surface area contributed by atoms with E-state index in [0.29, 0.717) is 5.92 Å². The fourth-order valence-electron chi connectivity index (χ4n) is 2.18. The Hall–Kier alpha value is -1.20. The lowest BCUT2D eigenvalue weighted by Gasteiger charge is -2.09. The molecule has 0 unspecified atom stereocenters. The first-order valence-corrected chi connectivity index (χ1v) is 7.65. The third-order valence-electron chi connectivity index (χ3n) is 3.03. The second-order valence-corrected chi connectivity index (χ2v) is 6.45. The minimum atomic E-state index is 0.638. The summed E-state index contributed by atoms with van der Waals surface area (Å²) in [5, 5.41) is 11.8. The number of aromatic nitrogens is 3. The highest BCUT2D eigenvalue weighted by atomic mass is 79.9. The Morgan fingerprint density at radius 1 is 1.30 bits per heavy atom. The molecule has 4 nitrogen and oxygen atoms in total. The molecule has 0 aliphatic carbocycles. The van der Waals surface area contributed by atoms with Crippen molar-refractivity contribution in [2.75, 3.05) is 6.54 Å². The molecule has 0 fully saturated rings. The molecule has 0 saturated heterocycles. The second-order valence-electron chi connectivity index (χ2n) is 5.59. The number of nitrogens with zero attached hydrogens (tertiary/aromatic N) is 3. The van der Waals surface area contributed by atoms with Gasteiger partial charge in [0.25, 0.3) is 0 Å². The van der Waals surface area contributed by atoms with Crippen LogP contribution in [0.4, 0.5) is 0 Å². The molecule has 0 atom stereocenters. The van der Waals surface area contributed by atoms with Gasteiger partial charge in [-0.2, -0.15) is 0 Å². The average Bonchev–Trinajstić information content (AvgIpc) is 2.75. The van der Waals surface area contributed by atoms with E-state index < -0.39 is 0 Å². The SMILES string of the molecule is Cc1cc(C)c(-n2cc(CNCC(C)C)nn2)c(Br)c1. The Labute approximate surface area is 128 Å². The van der Waals surface area contributed by atoms with Crippen molar-refractivity contribution in [1.29, 1.82) is 0 Å². The first-order chi connectivity index (χ1) is 9.47. The normalized spacial score (nSPS) is 11.3. The maximum Gasteiger partial charge on any atom is 0.0969 e. The molecular formula is C15H21BrN4. The van der Waals surface area contributed by atoms with E-state index in [-0.39, 0.29) is 0 Å². The number of hydrogen-bond donors (Lipinski definition) is 1. The predicted octanol–water partition coefficient (Wildman–Crippen LogP) is 3.39. The Kier molecular flexibility index (Phi) is 4.94. The molecule has 0 amide bonds. The average molecular weight is 337 g/mol. The molecule has 0 aliphatic heterocycles. The summed E-state index contributed by atoms with van der Waals surface area (Å²) in [5.41, 5.74) is 4.43. The Morgan fingerprint density at radius 2 is 2.05 bits per heavy atom. The van der Waals surface area contributed by atoms with Gasteiger partial charge in [0, 0.05) is 11.0 Å². The quantitative estimate of drug-likeness (QED) is 0.909. The number of halogens is 1. The maximum absolute atomic E-state index is 4.23. The zero-order valence-corrected chi connectivity index (χ0v) is 14.0. The number of aryl methyl sites for hydroxylation is 2. The molecule has 5 heteroatoms. The molecule has 20 heavy (non-hydrogen) atoms. The van der Waals surface area contributed by atoms with Gasteiger partial charge in [0.1, 0.15) is 0 Å². The van der Waals surface area contributed by atoms with Crippen LogP contribution in [0.2, 0.25) is 0 Å². The zero-order chi connectivity index (χ0) is 14.7. The van der Waals surface area contributed by atoms with Crippen LogP contribution in [0.1, 0.15) is 30.7 Å². The van der Waals surface area contributed by atoms with Crippen LogP contribution in [0.3, 0.4) is 0 Å². The van der Waals surface area contributed by atoms with Crippen LogP contribution in [0.5, 0.6) is 0 Å². The summed E-state index contributed by atoms with van der Waals surface area (Å²) in [5.74, 6) is 0.638. The highest BCUT2D eigenvalue weighted by Crippen LogP contribution is 2.25. The molecule has 1 N–H and O–H groups in total. The summed E-state index contributed by atoms with van der Waals surface area (Å²) in [7, 11) is 0. The van der Waals surface area contributed by atoms with E-state index in [1.54, 1.807) is 0 Å². The first-order valence-electron chi connectivity index (χ1n) is 6.86. The molecule has 0 bridgehead atoms. The first kappa shape index (κ1) is 15.2. The standard InChI is InChI=1S/C15H21BrN4/c1-10(2)7-17-8-13-9-20(19-18-13)15-12(4)5-11(3)6-14(15)16/h5-6,9-10,17H,7-8H2,1-4H3. The van der Waals surface area contributed by atoms with Crippen molar-refractivity contribution in [2.45, 2.75) is 34.2 Å². The molecule has 108 valence electrons. The summed E-state index contributed by atoms with van der Waals surface area (Å²) in [6, 6.07) is 4.25. The van der Waals surface area contributed by atoms with Gasteiger partial charge in [-0.1, -0.05) is 25.1 Å². The molecule has 2 rings (SSSR count). The third kappa shape index (κ3) is 3.67. The van der Waals surface area contributed by atoms with Crippen LogP contribution in [-0.2, 0) is 6.54 Å². The van der Waals surface area contributed by atoms with E-state index in [2.05, 4.69) is 71.4 Å². The highest BCUT2D eigenvalue weighted by molar-refractivity contribution is 9.10. The molecular weight excluding hydrogens is 316 g/mol. The largest absolute Gasteiger partial charge is 0.311 e. The van der Waals surface area contributed by atoms with Crippen LogP contribution in [0, 0.1) is 19.8 Å². The number of benzene rings is 1. The van der Waals surface area contributed by atoms with Gasteiger partial charge >= 0.3 is 0 Å². The van der Waals surface area contributed by atoms with Crippen molar-refractivity contribution in [1.82, 2.24) is 20.3 Å². The minimum Gasteiger partial charge on any atom is -0.311 e. The van der Waals surface area contributed by atoms with E-state index in [4.69, 9.17) is 0 Å². The van der Waals surface area contributed by atoms with E-state index >= 15 is 0 Å². The number of nitrogens with one attached hydrogen (secondary N) is 1. The number of rotatable bonds is 5. The summed E-state index contributed by atoms with van der Waals surface area (Å²) in [6.45, 7) is 10.3. The van der Waals surface area contributed by atoms with Gasteiger partial charge in [0.2, 0.25) is 0 Å². The van der Waals surface area contributed by atoms with Gasteiger partial charge in [-0.25, -0.2) is 4.68 Å². The van der Waals surface area contributed by atoms with Crippen LogP contribution in [0.15, 0.2) is 22.8 Å². The Morgan fingerprint density at radius 3 is 2.70 bits per heavy atom. The molecule has 1 aromatic heterocycles. The van der Waals surface area contributed by atoms with Gasteiger partial charge in [-0.15, -0.1) is 5.10 Å². The molecule has 1 heterocycles. The minimum absolute atomic E-state index is 0.638. The van der Waals surface area contributed by atoms with Crippen molar-refractivity contribution >= 4 is 15.9 Å². The van der Waals surface area contributed by atoms with Crippen molar-refractivity contribution < 1.29 is 0 Å². The molecule has 2 aromatic rings.